The van der Waals surface area contributed by atoms with Crippen molar-refractivity contribution in [3.63, 3.8) is 0 Å². The lowest BCUT2D eigenvalue weighted by Crippen LogP contribution is -2.37. The molecule has 2 aliphatic carbocycles. The predicted molar refractivity (Wildman–Crippen MR) is 80.4 cm³/mol. The van der Waals surface area contributed by atoms with Crippen LogP contribution in [0.2, 0.25) is 0 Å². The number of alkyl halides is 1. The van der Waals surface area contributed by atoms with Gasteiger partial charge in [-0.15, -0.1) is 0 Å². The third-order valence-electron chi connectivity index (χ3n) is 4.60. The molecule has 0 heterocycles. The maximum atomic E-state index is 12.3. The fraction of sp³-hybridized carbons (Fsp3) is 0.562. The number of hydrogen-bond donors (Lipinski definition) is 1. The molecular formula is C16H20BrNO. The van der Waals surface area contributed by atoms with Crippen molar-refractivity contribution < 1.29 is 4.79 Å². The standard InChI is InChI=1S/C16H20BrNO/c17-10-16(7-8-16)11-18-15(19)14-6-5-12-3-1-2-4-13(12)9-14/h1-4,14H,5-11H2,(H,18,19). The van der Waals surface area contributed by atoms with E-state index in [-0.39, 0.29) is 11.8 Å². The number of fused-ring (bicyclic) bond motifs is 1. The summed E-state index contributed by atoms with van der Waals surface area (Å²) >= 11 is 3.55. The maximum Gasteiger partial charge on any atom is 0.223 e. The summed E-state index contributed by atoms with van der Waals surface area (Å²) in [5.41, 5.74) is 3.14. The minimum atomic E-state index is 0.168. The Morgan fingerprint density at radius 1 is 1.32 bits per heavy atom. The van der Waals surface area contributed by atoms with Crippen LogP contribution in [0.25, 0.3) is 0 Å². The minimum absolute atomic E-state index is 0.168. The van der Waals surface area contributed by atoms with Crippen LogP contribution in [0.3, 0.4) is 0 Å². The topological polar surface area (TPSA) is 29.1 Å². The smallest absolute Gasteiger partial charge is 0.223 e. The normalized spacial score (nSPS) is 23.5. The second kappa shape index (κ2) is 5.28. The second-order valence-corrected chi connectivity index (χ2v) is 6.62. The molecule has 0 spiro atoms. The number of amides is 1. The first-order valence-electron chi connectivity index (χ1n) is 7.13. The molecule has 1 amide bonds. The van der Waals surface area contributed by atoms with Crippen LogP contribution >= 0.6 is 15.9 Å². The molecule has 102 valence electrons. The van der Waals surface area contributed by atoms with Crippen molar-refractivity contribution in [3.05, 3.63) is 35.4 Å². The first kappa shape index (κ1) is 13.2. The SMILES string of the molecule is O=C(NCC1(CBr)CC1)C1CCc2ccccc2C1. The van der Waals surface area contributed by atoms with E-state index in [0.717, 1.165) is 31.1 Å². The van der Waals surface area contributed by atoms with Crippen molar-refractivity contribution >= 4 is 21.8 Å². The van der Waals surface area contributed by atoms with Crippen molar-refractivity contribution in [2.45, 2.75) is 32.1 Å². The molecule has 0 saturated heterocycles. The van der Waals surface area contributed by atoms with E-state index < -0.39 is 0 Å². The van der Waals surface area contributed by atoms with Gasteiger partial charge in [-0.1, -0.05) is 40.2 Å². The van der Waals surface area contributed by atoms with Gasteiger partial charge in [0, 0.05) is 17.8 Å². The van der Waals surface area contributed by atoms with Gasteiger partial charge in [0.15, 0.2) is 0 Å². The minimum Gasteiger partial charge on any atom is -0.355 e. The molecule has 0 radical (unpaired) electrons. The fourth-order valence-electron chi connectivity index (χ4n) is 2.87. The van der Waals surface area contributed by atoms with E-state index in [1.165, 1.54) is 24.0 Å². The molecule has 3 heteroatoms. The lowest BCUT2D eigenvalue weighted by Gasteiger charge is -2.24. The molecule has 0 aliphatic heterocycles. The zero-order chi connectivity index (χ0) is 13.3. The van der Waals surface area contributed by atoms with Crippen LogP contribution in [0.1, 0.15) is 30.4 Å². The summed E-state index contributed by atoms with van der Waals surface area (Å²) in [6.07, 6.45) is 5.42. The number of rotatable bonds is 4. The molecule has 19 heavy (non-hydrogen) atoms. The summed E-state index contributed by atoms with van der Waals surface area (Å²) in [5, 5.41) is 4.18. The number of carbonyl (C=O) groups excluding carboxylic acids is 1. The van der Waals surface area contributed by atoms with Gasteiger partial charge in [0.05, 0.1) is 0 Å². The van der Waals surface area contributed by atoms with E-state index in [0.29, 0.717) is 5.41 Å². The first-order chi connectivity index (χ1) is 9.22. The molecular weight excluding hydrogens is 302 g/mol. The highest BCUT2D eigenvalue weighted by Crippen LogP contribution is 2.46. The van der Waals surface area contributed by atoms with Crippen LogP contribution in [0.15, 0.2) is 24.3 Å². The van der Waals surface area contributed by atoms with Crippen molar-refractivity contribution in [3.8, 4) is 0 Å². The summed E-state index contributed by atoms with van der Waals surface area (Å²) in [6, 6.07) is 8.51. The van der Waals surface area contributed by atoms with Gasteiger partial charge in [-0.05, 0) is 48.6 Å². The number of benzene rings is 1. The van der Waals surface area contributed by atoms with E-state index in [9.17, 15) is 4.79 Å². The Labute approximate surface area is 123 Å². The Bertz CT molecular complexity index is 481. The summed E-state index contributed by atoms with van der Waals surface area (Å²) < 4.78 is 0. The quantitative estimate of drug-likeness (QED) is 0.848. The third kappa shape index (κ3) is 2.86. The van der Waals surface area contributed by atoms with E-state index in [4.69, 9.17) is 0 Å². The van der Waals surface area contributed by atoms with Crippen LogP contribution in [-0.2, 0) is 17.6 Å². The molecule has 1 fully saturated rings. The van der Waals surface area contributed by atoms with Gasteiger partial charge in [0.2, 0.25) is 5.91 Å². The Hall–Kier alpha value is -0.830. The lowest BCUT2D eigenvalue weighted by atomic mass is 9.83. The molecule has 0 bridgehead atoms. The molecule has 2 nitrogen and oxygen atoms in total. The highest BCUT2D eigenvalue weighted by atomic mass is 79.9. The van der Waals surface area contributed by atoms with E-state index in [1.54, 1.807) is 0 Å². The molecule has 2 aliphatic rings. The molecule has 1 aromatic rings. The van der Waals surface area contributed by atoms with Gasteiger partial charge in [-0.3, -0.25) is 4.79 Å². The zero-order valence-corrected chi connectivity index (χ0v) is 12.7. The van der Waals surface area contributed by atoms with Gasteiger partial charge >= 0.3 is 0 Å². The maximum absolute atomic E-state index is 12.3. The monoisotopic (exact) mass is 321 g/mol. The van der Waals surface area contributed by atoms with Crippen LogP contribution in [0.4, 0.5) is 0 Å². The van der Waals surface area contributed by atoms with E-state index in [1.807, 2.05) is 0 Å². The van der Waals surface area contributed by atoms with Crippen LogP contribution < -0.4 is 5.32 Å². The Balaban J connectivity index is 1.57. The number of hydrogen-bond acceptors (Lipinski definition) is 1. The number of carbonyl (C=O) groups is 1. The molecule has 1 unspecified atom stereocenters. The highest BCUT2D eigenvalue weighted by Gasteiger charge is 2.41. The summed E-state index contributed by atoms with van der Waals surface area (Å²) in [6.45, 7) is 0.842. The second-order valence-electron chi connectivity index (χ2n) is 6.06. The Kier molecular flexibility index (Phi) is 3.66. The summed E-state index contributed by atoms with van der Waals surface area (Å²) in [4.78, 5) is 12.3. The highest BCUT2D eigenvalue weighted by molar-refractivity contribution is 9.09. The number of nitrogens with one attached hydrogen (secondary N) is 1. The van der Waals surface area contributed by atoms with Gasteiger partial charge < -0.3 is 5.32 Å². The Morgan fingerprint density at radius 3 is 2.74 bits per heavy atom. The molecule has 1 aromatic carbocycles. The third-order valence-corrected chi connectivity index (χ3v) is 5.79. The summed E-state index contributed by atoms with van der Waals surface area (Å²) in [5.74, 6) is 0.419. The van der Waals surface area contributed by atoms with Crippen LogP contribution in [0.5, 0.6) is 0 Å². The summed E-state index contributed by atoms with van der Waals surface area (Å²) in [7, 11) is 0. The zero-order valence-electron chi connectivity index (χ0n) is 11.1. The number of aryl methyl sites for hydroxylation is 1. The van der Waals surface area contributed by atoms with Crippen LogP contribution in [-0.4, -0.2) is 17.8 Å². The molecule has 1 saturated carbocycles. The molecule has 0 aromatic heterocycles. The average Bonchev–Trinajstić information content (AvgIpc) is 3.25. The molecule has 1 atom stereocenters. The van der Waals surface area contributed by atoms with Crippen molar-refractivity contribution in [1.82, 2.24) is 5.32 Å². The van der Waals surface area contributed by atoms with E-state index >= 15 is 0 Å². The largest absolute Gasteiger partial charge is 0.355 e. The van der Waals surface area contributed by atoms with Crippen molar-refractivity contribution in [2.24, 2.45) is 11.3 Å². The Morgan fingerprint density at radius 2 is 2.05 bits per heavy atom. The molecule has 3 rings (SSSR count). The number of halogens is 1. The van der Waals surface area contributed by atoms with Gasteiger partial charge in [0.1, 0.15) is 0 Å². The van der Waals surface area contributed by atoms with Crippen molar-refractivity contribution in [1.29, 1.82) is 0 Å². The molecule has 1 N–H and O–H groups in total. The van der Waals surface area contributed by atoms with Gasteiger partial charge in [-0.25, -0.2) is 0 Å². The van der Waals surface area contributed by atoms with E-state index in [2.05, 4.69) is 45.5 Å². The van der Waals surface area contributed by atoms with Gasteiger partial charge in [-0.2, -0.15) is 0 Å². The first-order valence-corrected chi connectivity index (χ1v) is 8.25. The average molecular weight is 322 g/mol. The lowest BCUT2D eigenvalue weighted by molar-refractivity contribution is -0.125. The van der Waals surface area contributed by atoms with Gasteiger partial charge in [0.25, 0.3) is 0 Å². The van der Waals surface area contributed by atoms with Crippen molar-refractivity contribution in [2.75, 3.05) is 11.9 Å². The predicted octanol–water partition coefficient (Wildman–Crippen LogP) is 3.08. The fourth-order valence-corrected chi connectivity index (χ4v) is 3.63. The van der Waals surface area contributed by atoms with Crippen LogP contribution in [0, 0.1) is 11.3 Å².